The SMILES string of the molecule is CC[SiH](O)c1ccccc1C. The highest BCUT2D eigenvalue weighted by atomic mass is 28.3. The number of aryl methyl sites for hydroxylation is 1. The number of benzene rings is 1. The highest BCUT2D eigenvalue weighted by molar-refractivity contribution is 6.66. The molecular weight excluding hydrogens is 152 g/mol. The zero-order valence-corrected chi connectivity index (χ0v) is 8.20. The maximum Gasteiger partial charge on any atom is 0.204 e. The van der Waals surface area contributed by atoms with Gasteiger partial charge in [0.2, 0.25) is 9.04 Å². The van der Waals surface area contributed by atoms with Crippen LogP contribution in [0.1, 0.15) is 12.5 Å². The Balaban J connectivity index is 2.93. The van der Waals surface area contributed by atoms with E-state index in [4.69, 9.17) is 0 Å². The van der Waals surface area contributed by atoms with Crippen LogP contribution in [0.4, 0.5) is 0 Å². The van der Waals surface area contributed by atoms with Crippen molar-refractivity contribution < 1.29 is 4.80 Å². The van der Waals surface area contributed by atoms with Gasteiger partial charge in [0.15, 0.2) is 0 Å². The van der Waals surface area contributed by atoms with Crippen molar-refractivity contribution in [2.24, 2.45) is 0 Å². The van der Waals surface area contributed by atoms with Crippen molar-refractivity contribution in [3.8, 4) is 0 Å². The molecule has 0 aromatic heterocycles. The molecule has 0 aliphatic rings. The second-order valence-corrected chi connectivity index (χ2v) is 5.25. The van der Waals surface area contributed by atoms with Crippen LogP contribution >= 0.6 is 0 Å². The largest absolute Gasteiger partial charge is 0.430 e. The zero-order chi connectivity index (χ0) is 8.27. The molecule has 0 amide bonds. The predicted molar refractivity (Wildman–Crippen MR) is 50.7 cm³/mol. The maximum absolute atomic E-state index is 9.65. The monoisotopic (exact) mass is 166 g/mol. The first-order valence-corrected chi connectivity index (χ1v) is 5.90. The molecule has 60 valence electrons. The molecule has 1 nitrogen and oxygen atoms in total. The molecule has 0 fully saturated rings. The first kappa shape index (κ1) is 8.49. The Kier molecular flexibility index (Phi) is 2.85. The molecule has 0 bridgehead atoms. The lowest BCUT2D eigenvalue weighted by Gasteiger charge is -2.08. The van der Waals surface area contributed by atoms with Gasteiger partial charge in [-0.2, -0.15) is 0 Å². The van der Waals surface area contributed by atoms with Gasteiger partial charge in [0.05, 0.1) is 0 Å². The highest BCUT2D eigenvalue weighted by Crippen LogP contribution is 1.96. The average molecular weight is 166 g/mol. The second-order valence-electron chi connectivity index (χ2n) is 2.78. The molecule has 0 aliphatic heterocycles. The van der Waals surface area contributed by atoms with Crippen LogP contribution in [0.5, 0.6) is 0 Å². The third-order valence-electron chi connectivity index (χ3n) is 1.93. The minimum Gasteiger partial charge on any atom is -0.430 e. The van der Waals surface area contributed by atoms with Crippen molar-refractivity contribution in [1.29, 1.82) is 0 Å². The molecule has 1 aromatic rings. The molecule has 0 aliphatic carbocycles. The van der Waals surface area contributed by atoms with Gasteiger partial charge in [0, 0.05) is 0 Å². The van der Waals surface area contributed by atoms with Crippen molar-refractivity contribution in [2.75, 3.05) is 0 Å². The Morgan fingerprint density at radius 2 is 2.00 bits per heavy atom. The van der Waals surface area contributed by atoms with Crippen molar-refractivity contribution in [3.63, 3.8) is 0 Å². The average Bonchev–Trinajstić information content (AvgIpc) is 2.04. The summed E-state index contributed by atoms with van der Waals surface area (Å²) in [4.78, 5) is 9.65. The van der Waals surface area contributed by atoms with Crippen molar-refractivity contribution >= 4 is 14.2 Å². The van der Waals surface area contributed by atoms with E-state index in [2.05, 4.69) is 13.0 Å². The summed E-state index contributed by atoms with van der Waals surface area (Å²) in [6, 6.07) is 9.02. The van der Waals surface area contributed by atoms with E-state index in [0.717, 1.165) is 6.04 Å². The van der Waals surface area contributed by atoms with E-state index >= 15 is 0 Å². The van der Waals surface area contributed by atoms with E-state index in [-0.39, 0.29) is 0 Å². The molecule has 0 spiro atoms. The molecule has 1 unspecified atom stereocenters. The Hall–Kier alpha value is -0.603. The summed E-state index contributed by atoms with van der Waals surface area (Å²) in [6.45, 7) is 4.10. The smallest absolute Gasteiger partial charge is 0.204 e. The van der Waals surface area contributed by atoms with Crippen molar-refractivity contribution in [3.05, 3.63) is 29.8 Å². The van der Waals surface area contributed by atoms with Crippen LogP contribution < -0.4 is 5.19 Å². The summed E-state index contributed by atoms with van der Waals surface area (Å²) < 4.78 is 0. The molecule has 1 aromatic carbocycles. The van der Waals surface area contributed by atoms with Crippen molar-refractivity contribution in [2.45, 2.75) is 19.9 Å². The second kappa shape index (κ2) is 3.69. The Bertz CT molecular complexity index is 235. The molecule has 0 heterocycles. The summed E-state index contributed by atoms with van der Waals surface area (Å²) in [5.74, 6) is 0. The van der Waals surface area contributed by atoms with Gasteiger partial charge in [-0.1, -0.05) is 31.2 Å². The fourth-order valence-corrected chi connectivity index (χ4v) is 2.58. The van der Waals surface area contributed by atoms with Crippen LogP contribution in [0, 0.1) is 6.92 Å². The minimum absolute atomic E-state index is 0.921. The van der Waals surface area contributed by atoms with Crippen LogP contribution in [0.3, 0.4) is 0 Å². The molecule has 1 atom stereocenters. The maximum atomic E-state index is 9.65. The lowest BCUT2D eigenvalue weighted by molar-refractivity contribution is 0.585. The van der Waals surface area contributed by atoms with E-state index in [1.807, 2.05) is 25.1 Å². The fourth-order valence-electron chi connectivity index (χ4n) is 1.18. The zero-order valence-electron chi connectivity index (χ0n) is 7.04. The van der Waals surface area contributed by atoms with Crippen LogP contribution in [-0.2, 0) is 0 Å². The van der Waals surface area contributed by atoms with Gasteiger partial charge in [-0.25, -0.2) is 0 Å². The van der Waals surface area contributed by atoms with Gasteiger partial charge in [0.25, 0.3) is 0 Å². The van der Waals surface area contributed by atoms with Gasteiger partial charge in [0.1, 0.15) is 0 Å². The van der Waals surface area contributed by atoms with E-state index in [0.29, 0.717) is 0 Å². The molecule has 0 saturated carbocycles. The normalized spacial score (nSPS) is 13.0. The Morgan fingerprint density at radius 1 is 1.36 bits per heavy atom. The summed E-state index contributed by atoms with van der Waals surface area (Å²) >= 11 is 0. The first-order valence-electron chi connectivity index (χ1n) is 3.99. The summed E-state index contributed by atoms with van der Waals surface area (Å²) in [7, 11) is -1.58. The van der Waals surface area contributed by atoms with E-state index in [1.54, 1.807) is 0 Å². The molecule has 11 heavy (non-hydrogen) atoms. The topological polar surface area (TPSA) is 20.2 Å². The third kappa shape index (κ3) is 1.91. The number of rotatable bonds is 2. The summed E-state index contributed by atoms with van der Waals surface area (Å²) in [6.07, 6.45) is 0. The van der Waals surface area contributed by atoms with Crippen LogP contribution in [0.25, 0.3) is 0 Å². The van der Waals surface area contributed by atoms with E-state index in [9.17, 15) is 4.80 Å². The molecular formula is C9H14OSi. The molecule has 0 saturated heterocycles. The Labute approximate surface area is 69.4 Å². The highest BCUT2D eigenvalue weighted by Gasteiger charge is 2.08. The van der Waals surface area contributed by atoms with Gasteiger partial charge >= 0.3 is 0 Å². The quantitative estimate of drug-likeness (QED) is 0.648. The van der Waals surface area contributed by atoms with Crippen LogP contribution in [0.15, 0.2) is 24.3 Å². The molecule has 1 rings (SSSR count). The van der Waals surface area contributed by atoms with Gasteiger partial charge < -0.3 is 4.80 Å². The van der Waals surface area contributed by atoms with Gasteiger partial charge in [-0.15, -0.1) is 0 Å². The predicted octanol–water partition coefficient (Wildman–Crippen LogP) is 0.938. The van der Waals surface area contributed by atoms with E-state index < -0.39 is 9.04 Å². The fraction of sp³-hybridized carbons (Fsp3) is 0.333. The lowest BCUT2D eigenvalue weighted by atomic mass is 10.2. The van der Waals surface area contributed by atoms with Gasteiger partial charge in [-0.3, -0.25) is 0 Å². The lowest BCUT2D eigenvalue weighted by Crippen LogP contribution is -2.30. The molecule has 0 radical (unpaired) electrons. The van der Waals surface area contributed by atoms with Crippen LogP contribution in [-0.4, -0.2) is 13.8 Å². The van der Waals surface area contributed by atoms with E-state index in [1.165, 1.54) is 10.8 Å². The first-order chi connectivity index (χ1) is 5.25. The number of hydrogen-bond acceptors (Lipinski definition) is 1. The van der Waals surface area contributed by atoms with Crippen molar-refractivity contribution in [1.82, 2.24) is 0 Å². The third-order valence-corrected chi connectivity index (χ3v) is 4.07. The Morgan fingerprint density at radius 3 is 2.55 bits per heavy atom. The van der Waals surface area contributed by atoms with Gasteiger partial charge in [-0.05, 0) is 23.7 Å². The minimum atomic E-state index is -1.58. The molecule has 2 heteroatoms. The standard InChI is InChI=1S/C9H14OSi/c1-3-11(10)9-7-5-4-6-8(9)2/h4-7,10-11H,3H2,1-2H3. The van der Waals surface area contributed by atoms with Crippen LogP contribution in [0.2, 0.25) is 6.04 Å². The summed E-state index contributed by atoms with van der Waals surface area (Å²) in [5.41, 5.74) is 1.23. The number of hydrogen-bond donors (Lipinski definition) is 1. The molecule has 1 N–H and O–H groups in total. The summed E-state index contributed by atoms with van der Waals surface area (Å²) in [5, 5.41) is 1.19.